The van der Waals surface area contributed by atoms with Gasteiger partial charge in [-0.1, -0.05) is 13.8 Å². The Labute approximate surface area is 126 Å². The molecule has 0 aromatic carbocycles. The van der Waals surface area contributed by atoms with Gasteiger partial charge < -0.3 is 4.90 Å². The summed E-state index contributed by atoms with van der Waals surface area (Å²) < 4.78 is 0. The van der Waals surface area contributed by atoms with E-state index in [0.717, 1.165) is 32.1 Å². The van der Waals surface area contributed by atoms with Crippen LogP contribution in [0.1, 0.15) is 58.8 Å². The summed E-state index contributed by atoms with van der Waals surface area (Å²) in [5, 5.41) is 2.54. The Bertz CT molecular complexity index is 414. The van der Waals surface area contributed by atoms with Crippen molar-refractivity contribution in [2.45, 2.75) is 64.8 Å². The second kappa shape index (κ2) is 7.05. The maximum atomic E-state index is 12.3. The molecule has 0 unspecified atom stereocenters. The van der Waals surface area contributed by atoms with Crippen molar-refractivity contribution in [3.05, 3.63) is 0 Å². The fraction of sp³-hybridized carbons (Fsp3) is 0.812. The first kappa shape index (κ1) is 16.0. The Morgan fingerprint density at radius 2 is 1.95 bits per heavy atom. The lowest BCUT2D eigenvalue weighted by Crippen LogP contribution is -2.50. The summed E-state index contributed by atoms with van der Waals surface area (Å²) >= 11 is 0. The minimum Gasteiger partial charge on any atom is -0.331 e. The van der Waals surface area contributed by atoms with Crippen LogP contribution in [-0.2, 0) is 14.4 Å². The second-order valence-electron chi connectivity index (χ2n) is 6.43. The van der Waals surface area contributed by atoms with Crippen molar-refractivity contribution in [3.8, 4) is 0 Å². The molecule has 1 atom stereocenters. The van der Waals surface area contributed by atoms with Crippen LogP contribution in [0.3, 0.4) is 0 Å². The van der Waals surface area contributed by atoms with E-state index in [2.05, 4.69) is 12.2 Å². The molecule has 3 amide bonds. The smallest absolute Gasteiger partial charge is 0.249 e. The number of carbonyl (C=O) groups excluding carboxylic acids is 3. The minimum atomic E-state index is -0.494. The van der Waals surface area contributed by atoms with Gasteiger partial charge in [0.05, 0.1) is 0 Å². The van der Waals surface area contributed by atoms with Crippen LogP contribution in [0.2, 0.25) is 0 Å². The van der Waals surface area contributed by atoms with Gasteiger partial charge in [0.1, 0.15) is 6.04 Å². The lowest BCUT2D eigenvalue weighted by Gasteiger charge is -2.28. The molecule has 0 spiro atoms. The van der Waals surface area contributed by atoms with Gasteiger partial charge in [-0.25, -0.2) is 0 Å². The molecule has 2 rings (SSSR count). The van der Waals surface area contributed by atoms with E-state index >= 15 is 0 Å². The van der Waals surface area contributed by atoms with E-state index in [-0.39, 0.29) is 23.6 Å². The molecule has 1 saturated carbocycles. The van der Waals surface area contributed by atoms with Gasteiger partial charge >= 0.3 is 0 Å². The minimum absolute atomic E-state index is 0.0240. The molecule has 1 heterocycles. The van der Waals surface area contributed by atoms with E-state index in [1.165, 1.54) is 0 Å². The van der Waals surface area contributed by atoms with Crippen molar-refractivity contribution in [3.63, 3.8) is 0 Å². The quantitative estimate of drug-likeness (QED) is 0.860. The number of nitrogens with zero attached hydrogens (tertiary/aromatic N) is 1. The van der Waals surface area contributed by atoms with Gasteiger partial charge in [0.2, 0.25) is 17.7 Å². The highest BCUT2D eigenvalue weighted by Gasteiger charge is 2.33. The predicted molar refractivity (Wildman–Crippen MR) is 79.3 cm³/mol. The fourth-order valence-electron chi connectivity index (χ4n) is 3.37. The molecule has 5 nitrogen and oxygen atoms in total. The Morgan fingerprint density at radius 3 is 2.48 bits per heavy atom. The lowest BCUT2D eigenvalue weighted by molar-refractivity contribution is -0.141. The predicted octanol–water partition coefficient (Wildman–Crippen LogP) is 1.86. The third kappa shape index (κ3) is 3.83. The number of hydrogen-bond acceptors (Lipinski definition) is 3. The van der Waals surface area contributed by atoms with Gasteiger partial charge in [-0.3, -0.25) is 19.7 Å². The Morgan fingerprint density at radius 1 is 1.29 bits per heavy atom. The van der Waals surface area contributed by atoms with E-state index < -0.39 is 6.04 Å². The van der Waals surface area contributed by atoms with Gasteiger partial charge in [0.15, 0.2) is 0 Å². The number of nitrogens with one attached hydrogen (secondary N) is 1. The SMILES string of the molecule is CC[C@@H](C(=O)NC(=O)[C@H]1CC[C@H](C)CC1)N1CCCC1=O. The van der Waals surface area contributed by atoms with Crippen LogP contribution in [0, 0.1) is 11.8 Å². The molecule has 2 aliphatic rings. The van der Waals surface area contributed by atoms with Gasteiger partial charge in [0, 0.05) is 18.9 Å². The first-order valence-corrected chi connectivity index (χ1v) is 8.17. The molecule has 1 saturated heterocycles. The number of likely N-dealkylation sites (tertiary alicyclic amines) is 1. The Balaban J connectivity index is 1.89. The fourth-order valence-corrected chi connectivity index (χ4v) is 3.37. The van der Waals surface area contributed by atoms with Crippen LogP contribution in [0.15, 0.2) is 0 Å². The largest absolute Gasteiger partial charge is 0.331 e. The van der Waals surface area contributed by atoms with Gasteiger partial charge in [-0.15, -0.1) is 0 Å². The van der Waals surface area contributed by atoms with Crippen LogP contribution in [-0.4, -0.2) is 35.2 Å². The Kier molecular flexibility index (Phi) is 5.37. The maximum Gasteiger partial charge on any atom is 0.249 e. The average Bonchev–Trinajstić information content (AvgIpc) is 2.86. The zero-order valence-corrected chi connectivity index (χ0v) is 13.1. The molecule has 21 heavy (non-hydrogen) atoms. The lowest BCUT2D eigenvalue weighted by atomic mass is 9.82. The van der Waals surface area contributed by atoms with E-state index in [1.807, 2.05) is 6.92 Å². The van der Waals surface area contributed by atoms with Crippen molar-refractivity contribution in [2.24, 2.45) is 11.8 Å². The first-order chi connectivity index (χ1) is 10.0. The molecular weight excluding hydrogens is 268 g/mol. The molecule has 0 radical (unpaired) electrons. The average molecular weight is 294 g/mol. The molecule has 0 aromatic heterocycles. The number of rotatable bonds is 4. The van der Waals surface area contributed by atoms with Gasteiger partial charge in [-0.2, -0.15) is 0 Å². The molecule has 1 aliphatic heterocycles. The second-order valence-corrected chi connectivity index (χ2v) is 6.43. The van der Waals surface area contributed by atoms with Gasteiger partial charge in [0.25, 0.3) is 0 Å². The van der Waals surface area contributed by atoms with Crippen LogP contribution in [0.5, 0.6) is 0 Å². The van der Waals surface area contributed by atoms with E-state index in [9.17, 15) is 14.4 Å². The van der Waals surface area contributed by atoms with Crippen molar-refractivity contribution < 1.29 is 14.4 Å². The van der Waals surface area contributed by atoms with Gasteiger partial charge in [-0.05, 0) is 44.4 Å². The normalized spacial score (nSPS) is 27.5. The summed E-state index contributed by atoms with van der Waals surface area (Å²) in [7, 11) is 0. The topological polar surface area (TPSA) is 66.5 Å². The monoisotopic (exact) mass is 294 g/mol. The molecule has 0 bridgehead atoms. The third-order valence-electron chi connectivity index (χ3n) is 4.81. The standard InChI is InChI=1S/C16H26N2O3/c1-3-13(18-10-4-5-14(18)19)16(21)17-15(20)12-8-6-11(2)7-9-12/h11-13H,3-10H2,1-2H3,(H,17,20,21)/t11-,12-,13-/m0/s1. The number of hydrogen-bond donors (Lipinski definition) is 1. The summed E-state index contributed by atoms with van der Waals surface area (Å²) in [6.45, 7) is 4.70. The van der Waals surface area contributed by atoms with Crippen LogP contribution >= 0.6 is 0 Å². The summed E-state index contributed by atoms with van der Waals surface area (Å²) in [5.74, 6) is 0.191. The van der Waals surface area contributed by atoms with Crippen molar-refractivity contribution in [1.29, 1.82) is 0 Å². The highest BCUT2D eigenvalue weighted by atomic mass is 16.2. The van der Waals surface area contributed by atoms with E-state index in [0.29, 0.717) is 25.3 Å². The van der Waals surface area contributed by atoms with Crippen molar-refractivity contribution >= 4 is 17.7 Å². The van der Waals surface area contributed by atoms with Crippen molar-refractivity contribution in [1.82, 2.24) is 10.2 Å². The number of imide groups is 1. The zero-order valence-electron chi connectivity index (χ0n) is 13.1. The molecule has 0 aromatic rings. The number of amides is 3. The molecule has 1 aliphatic carbocycles. The number of carbonyl (C=O) groups is 3. The Hall–Kier alpha value is -1.39. The molecular formula is C16H26N2O3. The third-order valence-corrected chi connectivity index (χ3v) is 4.81. The van der Waals surface area contributed by atoms with Crippen LogP contribution in [0.25, 0.3) is 0 Å². The van der Waals surface area contributed by atoms with Crippen LogP contribution in [0.4, 0.5) is 0 Å². The molecule has 2 fully saturated rings. The highest BCUT2D eigenvalue weighted by molar-refractivity contribution is 6.00. The summed E-state index contributed by atoms with van der Waals surface area (Å²) in [4.78, 5) is 37.9. The molecule has 1 N–H and O–H groups in total. The highest BCUT2D eigenvalue weighted by Crippen LogP contribution is 2.28. The summed E-state index contributed by atoms with van der Waals surface area (Å²) in [6, 6.07) is -0.494. The summed E-state index contributed by atoms with van der Waals surface area (Å²) in [5.41, 5.74) is 0. The summed E-state index contributed by atoms with van der Waals surface area (Å²) in [6.07, 6.45) is 5.68. The van der Waals surface area contributed by atoms with Crippen LogP contribution < -0.4 is 5.32 Å². The first-order valence-electron chi connectivity index (χ1n) is 8.17. The van der Waals surface area contributed by atoms with E-state index in [4.69, 9.17) is 0 Å². The molecule has 5 heteroatoms. The zero-order chi connectivity index (χ0) is 15.4. The van der Waals surface area contributed by atoms with Crippen molar-refractivity contribution in [2.75, 3.05) is 6.54 Å². The maximum absolute atomic E-state index is 12.3. The molecule has 118 valence electrons. The van der Waals surface area contributed by atoms with E-state index in [1.54, 1.807) is 4.90 Å².